The monoisotopic (exact) mass is 288 g/mol. The van der Waals surface area contributed by atoms with Crippen molar-refractivity contribution in [2.45, 2.75) is 26.7 Å². The molecule has 4 nitrogen and oxygen atoms in total. The molecule has 0 heterocycles. The lowest BCUT2D eigenvalue weighted by atomic mass is 9.85. The highest BCUT2D eigenvalue weighted by atomic mass is 19.3. The van der Waals surface area contributed by atoms with Crippen LogP contribution in [-0.2, 0) is 11.2 Å². The van der Waals surface area contributed by atoms with Crippen LogP contribution < -0.4 is 9.47 Å². The van der Waals surface area contributed by atoms with E-state index in [0.717, 1.165) is 0 Å². The molecular formula is C14H18F2O4. The topological polar surface area (TPSA) is 55.8 Å². The maximum absolute atomic E-state index is 12.9. The summed E-state index contributed by atoms with van der Waals surface area (Å²) in [6.07, 6.45) is -2.61. The Labute approximate surface area is 116 Å². The molecule has 0 atom stereocenters. The second kappa shape index (κ2) is 6.07. The summed E-state index contributed by atoms with van der Waals surface area (Å²) < 4.78 is 36.0. The number of rotatable bonds is 6. The van der Waals surface area contributed by atoms with E-state index in [1.807, 2.05) is 0 Å². The van der Waals surface area contributed by atoms with Gasteiger partial charge in [-0.15, -0.1) is 0 Å². The highest BCUT2D eigenvalue weighted by Crippen LogP contribution is 2.38. The molecule has 0 aliphatic heterocycles. The van der Waals surface area contributed by atoms with Crippen molar-refractivity contribution in [3.05, 3.63) is 23.3 Å². The summed E-state index contributed by atoms with van der Waals surface area (Å²) in [7, 11) is 2.73. The van der Waals surface area contributed by atoms with Crippen LogP contribution in [0.3, 0.4) is 0 Å². The standard InChI is InChI=1S/C14H18F2O4/c1-14(2,13(17)18)7-9-5-8(12(15)16)6-10(19-3)11(9)20-4/h5-6,12H,7H2,1-4H3,(H,17,18). The van der Waals surface area contributed by atoms with Crippen molar-refractivity contribution in [2.75, 3.05) is 14.2 Å². The predicted octanol–water partition coefficient (Wildman–Crippen LogP) is 3.29. The van der Waals surface area contributed by atoms with E-state index >= 15 is 0 Å². The lowest BCUT2D eigenvalue weighted by Crippen LogP contribution is -2.26. The van der Waals surface area contributed by atoms with Crippen LogP contribution in [0.5, 0.6) is 11.5 Å². The summed E-state index contributed by atoms with van der Waals surface area (Å²) in [5, 5.41) is 9.15. The summed E-state index contributed by atoms with van der Waals surface area (Å²) in [5.74, 6) is -0.561. The number of hydrogen-bond donors (Lipinski definition) is 1. The third-order valence-electron chi connectivity index (χ3n) is 3.04. The number of methoxy groups -OCH3 is 2. The highest BCUT2D eigenvalue weighted by Gasteiger charge is 2.30. The molecule has 112 valence electrons. The van der Waals surface area contributed by atoms with Gasteiger partial charge in [-0.25, -0.2) is 8.78 Å². The van der Waals surface area contributed by atoms with Crippen molar-refractivity contribution >= 4 is 5.97 Å². The molecule has 0 fully saturated rings. The van der Waals surface area contributed by atoms with E-state index in [-0.39, 0.29) is 23.5 Å². The lowest BCUT2D eigenvalue weighted by molar-refractivity contribution is -0.146. The fraction of sp³-hybridized carbons (Fsp3) is 0.500. The van der Waals surface area contributed by atoms with Crippen LogP contribution in [0.25, 0.3) is 0 Å². The van der Waals surface area contributed by atoms with Crippen molar-refractivity contribution in [2.24, 2.45) is 5.41 Å². The first-order valence-electron chi connectivity index (χ1n) is 5.99. The Balaban J connectivity index is 3.35. The number of aliphatic carboxylic acids is 1. The zero-order valence-corrected chi connectivity index (χ0v) is 11.9. The van der Waals surface area contributed by atoms with E-state index < -0.39 is 17.8 Å². The normalized spacial score (nSPS) is 11.6. The van der Waals surface area contributed by atoms with Gasteiger partial charge in [0.1, 0.15) is 0 Å². The third kappa shape index (κ3) is 3.37. The molecular weight excluding hydrogens is 270 g/mol. The van der Waals surface area contributed by atoms with Gasteiger partial charge in [0.05, 0.1) is 19.6 Å². The molecule has 0 aliphatic carbocycles. The van der Waals surface area contributed by atoms with Gasteiger partial charge < -0.3 is 14.6 Å². The Kier molecular flexibility index (Phi) is 4.92. The summed E-state index contributed by atoms with van der Waals surface area (Å²) >= 11 is 0. The van der Waals surface area contributed by atoms with Crippen LogP contribution in [0.2, 0.25) is 0 Å². The molecule has 0 saturated carbocycles. The summed E-state index contributed by atoms with van der Waals surface area (Å²) in [6, 6.07) is 2.46. The predicted molar refractivity (Wildman–Crippen MR) is 69.6 cm³/mol. The molecule has 6 heteroatoms. The first-order valence-corrected chi connectivity index (χ1v) is 5.99. The van der Waals surface area contributed by atoms with Crippen LogP contribution in [-0.4, -0.2) is 25.3 Å². The van der Waals surface area contributed by atoms with Crippen LogP contribution in [0.1, 0.15) is 31.4 Å². The minimum absolute atomic E-state index is 0.0580. The van der Waals surface area contributed by atoms with E-state index in [1.54, 1.807) is 0 Å². The van der Waals surface area contributed by atoms with Crippen LogP contribution in [0, 0.1) is 5.41 Å². The van der Waals surface area contributed by atoms with Crippen molar-refractivity contribution < 1.29 is 28.2 Å². The van der Waals surface area contributed by atoms with E-state index in [0.29, 0.717) is 5.56 Å². The van der Waals surface area contributed by atoms with Gasteiger partial charge in [0.25, 0.3) is 6.43 Å². The van der Waals surface area contributed by atoms with E-state index in [4.69, 9.17) is 14.6 Å². The van der Waals surface area contributed by atoms with Gasteiger partial charge in [0, 0.05) is 5.56 Å². The van der Waals surface area contributed by atoms with Gasteiger partial charge in [-0.2, -0.15) is 0 Å². The van der Waals surface area contributed by atoms with Crippen molar-refractivity contribution in [3.8, 4) is 11.5 Å². The lowest BCUT2D eigenvalue weighted by Gasteiger charge is -2.22. The van der Waals surface area contributed by atoms with E-state index in [1.165, 1.54) is 40.2 Å². The third-order valence-corrected chi connectivity index (χ3v) is 3.04. The Morgan fingerprint density at radius 1 is 1.30 bits per heavy atom. The van der Waals surface area contributed by atoms with Gasteiger partial charge in [-0.3, -0.25) is 4.79 Å². The molecule has 0 radical (unpaired) electrons. The zero-order valence-electron chi connectivity index (χ0n) is 11.9. The van der Waals surface area contributed by atoms with Gasteiger partial charge in [-0.05, 0) is 38.0 Å². The van der Waals surface area contributed by atoms with Crippen molar-refractivity contribution in [1.82, 2.24) is 0 Å². The number of carboxylic acids is 1. The SMILES string of the molecule is COc1cc(C(F)F)cc(CC(C)(C)C(=O)O)c1OC. The fourth-order valence-corrected chi connectivity index (χ4v) is 1.88. The molecule has 0 aliphatic rings. The van der Waals surface area contributed by atoms with Crippen molar-refractivity contribution in [1.29, 1.82) is 0 Å². The molecule has 1 N–H and O–H groups in total. The molecule has 20 heavy (non-hydrogen) atoms. The summed E-state index contributed by atoms with van der Waals surface area (Å²) in [6.45, 7) is 3.05. The maximum atomic E-state index is 12.9. The summed E-state index contributed by atoms with van der Waals surface area (Å²) in [4.78, 5) is 11.2. The molecule has 0 spiro atoms. The average Bonchev–Trinajstić information content (AvgIpc) is 2.36. The highest BCUT2D eigenvalue weighted by molar-refractivity contribution is 5.74. The number of halogens is 2. The number of hydrogen-bond acceptors (Lipinski definition) is 3. The number of alkyl halides is 2. The number of benzene rings is 1. The van der Waals surface area contributed by atoms with Crippen molar-refractivity contribution in [3.63, 3.8) is 0 Å². The van der Waals surface area contributed by atoms with E-state index in [2.05, 4.69) is 0 Å². The molecule has 0 saturated heterocycles. The first kappa shape index (κ1) is 16.2. The second-order valence-corrected chi connectivity index (χ2v) is 5.08. The molecule has 0 aromatic heterocycles. The number of ether oxygens (including phenoxy) is 2. The molecule has 0 amide bonds. The van der Waals surface area contributed by atoms with Crippen LogP contribution >= 0.6 is 0 Å². The van der Waals surface area contributed by atoms with Gasteiger partial charge in [-0.1, -0.05) is 0 Å². The van der Waals surface area contributed by atoms with Gasteiger partial charge >= 0.3 is 5.97 Å². The van der Waals surface area contributed by atoms with Crippen LogP contribution in [0.4, 0.5) is 8.78 Å². The Bertz CT molecular complexity index is 498. The average molecular weight is 288 g/mol. The molecule has 1 rings (SSSR count). The molecule has 1 aromatic carbocycles. The quantitative estimate of drug-likeness (QED) is 0.872. The maximum Gasteiger partial charge on any atom is 0.309 e. The largest absolute Gasteiger partial charge is 0.493 e. The van der Waals surface area contributed by atoms with Crippen LogP contribution in [0.15, 0.2) is 12.1 Å². The minimum Gasteiger partial charge on any atom is -0.493 e. The second-order valence-electron chi connectivity index (χ2n) is 5.08. The zero-order chi connectivity index (χ0) is 15.5. The Morgan fingerprint density at radius 2 is 1.90 bits per heavy atom. The molecule has 0 bridgehead atoms. The van der Waals surface area contributed by atoms with E-state index in [9.17, 15) is 13.6 Å². The smallest absolute Gasteiger partial charge is 0.309 e. The molecule has 1 aromatic rings. The number of carboxylic acid groups (broad SMARTS) is 1. The minimum atomic E-state index is -2.67. The Hall–Kier alpha value is -1.85. The van der Waals surface area contributed by atoms with Gasteiger partial charge in [0.15, 0.2) is 11.5 Å². The first-order chi connectivity index (χ1) is 9.22. The Morgan fingerprint density at radius 3 is 2.30 bits per heavy atom. The fourth-order valence-electron chi connectivity index (χ4n) is 1.88. The summed E-state index contributed by atoms with van der Waals surface area (Å²) in [5.41, 5.74) is -0.938. The molecule has 0 unspecified atom stereocenters. The van der Waals surface area contributed by atoms with Gasteiger partial charge in [0.2, 0.25) is 0 Å². The number of carbonyl (C=O) groups is 1.